The summed E-state index contributed by atoms with van der Waals surface area (Å²) in [6, 6.07) is 0. The zero-order chi connectivity index (χ0) is 11.1. The fourth-order valence-corrected chi connectivity index (χ4v) is 2.94. The maximum atomic E-state index is 4.12. The third kappa shape index (κ3) is 4.86. The van der Waals surface area contributed by atoms with Gasteiger partial charge in [0.25, 0.3) is 0 Å². The van der Waals surface area contributed by atoms with Gasteiger partial charge in [-0.3, -0.25) is 0 Å². The highest BCUT2D eigenvalue weighted by molar-refractivity contribution is 4.95. The largest absolute Gasteiger partial charge is 0.0999 e. The Bertz CT molecular complexity index is 174. The van der Waals surface area contributed by atoms with Gasteiger partial charge in [-0.2, -0.15) is 0 Å². The van der Waals surface area contributed by atoms with E-state index >= 15 is 0 Å². The lowest BCUT2D eigenvalue weighted by molar-refractivity contribution is 0.423. The Hall–Kier alpha value is -0.260. The normalized spacial score (nSPS) is 19.3. The quantitative estimate of drug-likeness (QED) is 0.495. The highest BCUT2D eigenvalue weighted by Gasteiger charge is 2.15. The molecule has 0 aromatic carbocycles. The molecule has 0 N–H and O–H groups in total. The standard InChI is InChI=1S/C15H28/c1-4-8-15(13(2)3)12-7-11-14-9-5-6-10-14/h14-15H,2,4-12H2,1,3H3. The molecule has 0 heteroatoms. The van der Waals surface area contributed by atoms with Gasteiger partial charge in [0.1, 0.15) is 0 Å². The number of hydrogen-bond donors (Lipinski definition) is 0. The first kappa shape index (κ1) is 12.8. The van der Waals surface area contributed by atoms with Crippen molar-refractivity contribution >= 4 is 0 Å². The molecule has 0 amide bonds. The molecule has 0 aliphatic heterocycles. The lowest BCUT2D eigenvalue weighted by atomic mass is 9.89. The van der Waals surface area contributed by atoms with Crippen LogP contribution in [-0.4, -0.2) is 0 Å². The Morgan fingerprint density at radius 3 is 2.47 bits per heavy atom. The van der Waals surface area contributed by atoms with Crippen LogP contribution in [0.15, 0.2) is 12.2 Å². The number of allylic oxidation sites excluding steroid dienone is 1. The second kappa shape index (κ2) is 7.09. The molecule has 1 fully saturated rings. The molecule has 0 aromatic heterocycles. The first-order valence-corrected chi connectivity index (χ1v) is 6.89. The first-order valence-electron chi connectivity index (χ1n) is 6.89. The zero-order valence-electron chi connectivity index (χ0n) is 10.7. The molecule has 0 nitrogen and oxygen atoms in total. The van der Waals surface area contributed by atoms with Crippen molar-refractivity contribution in [1.82, 2.24) is 0 Å². The monoisotopic (exact) mass is 208 g/mol. The van der Waals surface area contributed by atoms with E-state index in [1.165, 1.54) is 63.4 Å². The maximum Gasteiger partial charge on any atom is -0.0209 e. The summed E-state index contributed by atoms with van der Waals surface area (Å²) in [6.07, 6.45) is 12.9. The van der Waals surface area contributed by atoms with Crippen LogP contribution in [0.5, 0.6) is 0 Å². The third-order valence-corrected chi connectivity index (χ3v) is 3.97. The summed E-state index contributed by atoms with van der Waals surface area (Å²) >= 11 is 0. The minimum absolute atomic E-state index is 0.802. The molecule has 15 heavy (non-hydrogen) atoms. The van der Waals surface area contributed by atoms with Crippen LogP contribution in [0.2, 0.25) is 0 Å². The van der Waals surface area contributed by atoms with E-state index < -0.39 is 0 Å². The lowest BCUT2D eigenvalue weighted by Crippen LogP contribution is -2.02. The van der Waals surface area contributed by atoms with Crippen LogP contribution in [0.25, 0.3) is 0 Å². The van der Waals surface area contributed by atoms with E-state index in [4.69, 9.17) is 0 Å². The van der Waals surface area contributed by atoms with Gasteiger partial charge in [-0.05, 0) is 31.6 Å². The van der Waals surface area contributed by atoms with E-state index in [0.717, 1.165) is 11.8 Å². The van der Waals surface area contributed by atoms with Crippen molar-refractivity contribution in [3.63, 3.8) is 0 Å². The van der Waals surface area contributed by atoms with Crippen molar-refractivity contribution in [2.24, 2.45) is 11.8 Å². The van der Waals surface area contributed by atoms with Crippen molar-refractivity contribution in [2.75, 3.05) is 0 Å². The maximum absolute atomic E-state index is 4.12. The molecule has 1 aliphatic rings. The molecular formula is C15H28. The van der Waals surface area contributed by atoms with Crippen molar-refractivity contribution in [1.29, 1.82) is 0 Å². The molecule has 0 aromatic rings. The van der Waals surface area contributed by atoms with Crippen molar-refractivity contribution < 1.29 is 0 Å². The van der Waals surface area contributed by atoms with Crippen LogP contribution in [0, 0.1) is 11.8 Å². The van der Waals surface area contributed by atoms with E-state index in [1.54, 1.807) is 0 Å². The topological polar surface area (TPSA) is 0 Å². The second-order valence-corrected chi connectivity index (χ2v) is 5.41. The molecule has 1 aliphatic carbocycles. The summed E-state index contributed by atoms with van der Waals surface area (Å²) in [6.45, 7) is 8.61. The molecule has 1 rings (SSSR count). The van der Waals surface area contributed by atoms with Gasteiger partial charge in [-0.25, -0.2) is 0 Å². The third-order valence-electron chi connectivity index (χ3n) is 3.97. The minimum atomic E-state index is 0.802. The van der Waals surface area contributed by atoms with Gasteiger partial charge in [-0.1, -0.05) is 64.0 Å². The molecule has 0 bridgehead atoms. The molecule has 1 atom stereocenters. The summed E-state index contributed by atoms with van der Waals surface area (Å²) in [4.78, 5) is 0. The highest BCUT2D eigenvalue weighted by atomic mass is 14.2. The van der Waals surface area contributed by atoms with Crippen LogP contribution in [0.3, 0.4) is 0 Å². The zero-order valence-corrected chi connectivity index (χ0v) is 10.7. The SMILES string of the molecule is C=C(C)C(CCC)CCCC1CCCC1. The van der Waals surface area contributed by atoms with Gasteiger partial charge in [0.05, 0.1) is 0 Å². The molecule has 88 valence electrons. The highest BCUT2D eigenvalue weighted by Crippen LogP contribution is 2.30. The fraction of sp³-hybridized carbons (Fsp3) is 0.867. The second-order valence-electron chi connectivity index (χ2n) is 5.41. The molecule has 0 saturated heterocycles. The Morgan fingerprint density at radius 1 is 1.27 bits per heavy atom. The Kier molecular flexibility index (Phi) is 6.05. The lowest BCUT2D eigenvalue weighted by Gasteiger charge is -2.17. The molecule has 0 radical (unpaired) electrons. The van der Waals surface area contributed by atoms with Crippen molar-refractivity contribution in [2.45, 2.75) is 71.6 Å². The average Bonchev–Trinajstić information content (AvgIpc) is 2.69. The van der Waals surface area contributed by atoms with E-state index in [2.05, 4.69) is 20.4 Å². The molecule has 0 heterocycles. The molecule has 0 spiro atoms. The predicted molar refractivity (Wildman–Crippen MR) is 69.0 cm³/mol. The number of hydrogen-bond acceptors (Lipinski definition) is 0. The Labute approximate surface area is 96.2 Å². The van der Waals surface area contributed by atoms with Crippen LogP contribution >= 0.6 is 0 Å². The van der Waals surface area contributed by atoms with Crippen molar-refractivity contribution in [3.8, 4) is 0 Å². The van der Waals surface area contributed by atoms with E-state index in [0.29, 0.717) is 0 Å². The van der Waals surface area contributed by atoms with Gasteiger partial charge in [0, 0.05) is 0 Å². The van der Waals surface area contributed by atoms with Gasteiger partial charge >= 0.3 is 0 Å². The summed E-state index contributed by atoms with van der Waals surface area (Å²) in [5.74, 6) is 1.87. The summed E-state index contributed by atoms with van der Waals surface area (Å²) < 4.78 is 0. The van der Waals surface area contributed by atoms with E-state index in [-0.39, 0.29) is 0 Å². The van der Waals surface area contributed by atoms with Crippen LogP contribution in [0.1, 0.15) is 71.6 Å². The van der Waals surface area contributed by atoms with Gasteiger partial charge < -0.3 is 0 Å². The van der Waals surface area contributed by atoms with Crippen molar-refractivity contribution in [3.05, 3.63) is 12.2 Å². The summed E-state index contributed by atoms with van der Waals surface area (Å²) in [5, 5.41) is 0. The van der Waals surface area contributed by atoms with Gasteiger partial charge in [0.15, 0.2) is 0 Å². The first-order chi connectivity index (χ1) is 7.24. The summed E-state index contributed by atoms with van der Waals surface area (Å²) in [7, 11) is 0. The molecular weight excluding hydrogens is 180 g/mol. The predicted octanol–water partition coefficient (Wildman–Crippen LogP) is 5.34. The fourth-order valence-electron chi connectivity index (χ4n) is 2.94. The Balaban J connectivity index is 2.12. The van der Waals surface area contributed by atoms with Crippen LogP contribution in [0.4, 0.5) is 0 Å². The van der Waals surface area contributed by atoms with Gasteiger partial charge in [0.2, 0.25) is 0 Å². The Morgan fingerprint density at radius 2 is 1.93 bits per heavy atom. The number of rotatable bonds is 7. The van der Waals surface area contributed by atoms with Crippen LogP contribution in [-0.2, 0) is 0 Å². The van der Waals surface area contributed by atoms with Crippen LogP contribution < -0.4 is 0 Å². The molecule has 1 unspecified atom stereocenters. The van der Waals surface area contributed by atoms with E-state index in [1.807, 2.05) is 0 Å². The van der Waals surface area contributed by atoms with E-state index in [9.17, 15) is 0 Å². The molecule has 1 saturated carbocycles. The minimum Gasteiger partial charge on any atom is -0.0999 e. The van der Waals surface area contributed by atoms with Gasteiger partial charge in [-0.15, -0.1) is 0 Å². The average molecular weight is 208 g/mol. The summed E-state index contributed by atoms with van der Waals surface area (Å²) in [5.41, 5.74) is 1.41. The smallest absolute Gasteiger partial charge is 0.0209 e.